The molecule has 0 spiro atoms. The summed E-state index contributed by atoms with van der Waals surface area (Å²) in [7, 11) is -3.10. The summed E-state index contributed by atoms with van der Waals surface area (Å²) >= 11 is 0. The number of amides is 4. The van der Waals surface area contributed by atoms with Crippen LogP contribution in [0.5, 0.6) is 0 Å². The molecule has 0 aromatic heterocycles. The van der Waals surface area contributed by atoms with Gasteiger partial charge in [-0.2, -0.15) is 0 Å². The molecule has 3 aliphatic rings. The van der Waals surface area contributed by atoms with E-state index in [0.717, 1.165) is 4.90 Å². The highest BCUT2D eigenvalue weighted by Gasteiger charge is 2.55. The molecule has 400 valence electrons. The standard InChI is InChI=1S/C44H81N7O17S/c1-40(2,3)65-36(54)47-20-21-69(59,60)50-28-22-27(49-38(56)67-42(7,8)9)31(63-34-26(48-37(55)66-41(4,5)6)17-16-25(62-34)23-46-19-15-18-45)29(52)32(28)64-35-30(53)33(44(13,58)24-61-35)51(14)39(57)68-43(10,11)12/h16,26-35,46,50,52-53,58H,15,17-24,45H2,1-14H3,(H,47,54)(H,48,55)(H,49,56)/t26-,27+,28-,29+,30-,31-,32+,33-,34-,35-,44+/m1/s1. The Morgan fingerprint density at radius 1 is 0.783 bits per heavy atom. The van der Waals surface area contributed by atoms with Crippen LogP contribution < -0.4 is 31.7 Å². The lowest BCUT2D eigenvalue weighted by atomic mass is 9.83. The summed E-state index contributed by atoms with van der Waals surface area (Å²) in [6.45, 7) is 21.4. The van der Waals surface area contributed by atoms with E-state index in [1.54, 1.807) is 89.2 Å². The van der Waals surface area contributed by atoms with E-state index in [1.165, 1.54) is 14.0 Å². The Morgan fingerprint density at radius 2 is 1.30 bits per heavy atom. The van der Waals surface area contributed by atoms with Crippen molar-refractivity contribution in [3.05, 3.63) is 11.8 Å². The van der Waals surface area contributed by atoms with Crippen molar-refractivity contribution in [2.75, 3.05) is 45.6 Å². The largest absolute Gasteiger partial charge is 0.466 e. The lowest BCUT2D eigenvalue weighted by Crippen LogP contribution is -2.70. The average molecular weight is 1010 g/mol. The fraction of sp³-hybridized carbons (Fsp3) is 0.864. The number of aliphatic hydroxyl groups excluding tert-OH is 2. The predicted octanol–water partition coefficient (Wildman–Crippen LogP) is 1.39. The molecule has 11 atom stereocenters. The predicted molar refractivity (Wildman–Crippen MR) is 250 cm³/mol. The van der Waals surface area contributed by atoms with Gasteiger partial charge in [-0.1, -0.05) is 0 Å². The molecule has 24 nitrogen and oxygen atoms in total. The average Bonchev–Trinajstić information content (AvgIpc) is 3.14. The van der Waals surface area contributed by atoms with E-state index >= 15 is 0 Å². The van der Waals surface area contributed by atoms with Crippen LogP contribution in [0.1, 0.15) is 109 Å². The van der Waals surface area contributed by atoms with Gasteiger partial charge in [0.05, 0.1) is 43.1 Å². The molecule has 0 aromatic rings. The topological polar surface area (TPSA) is 326 Å². The number of nitrogens with zero attached hydrogens (tertiary/aromatic N) is 1. The number of ether oxygens (including phenoxy) is 8. The number of sulfonamides is 1. The van der Waals surface area contributed by atoms with Gasteiger partial charge >= 0.3 is 24.4 Å². The third-order valence-corrected chi connectivity index (χ3v) is 11.7. The maximum Gasteiger partial charge on any atom is 0.410 e. The summed E-state index contributed by atoms with van der Waals surface area (Å²) in [6.07, 6.45) is -11.5. The Bertz CT molecular complexity index is 1860. The van der Waals surface area contributed by atoms with Crippen LogP contribution in [0, 0.1) is 0 Å². The highest BCUT2D eigenvalue weighted by Crippen LogP contribution is 2.35. The Labute approximate surface area is 406 Å². The van der Waals surface area contributed by atoms with Crippen molar-refractivity contribution < 1.29 is 80.8 Å². The van der Waals surface area contributed by atoms with Crippen LogP contribution in [0.2, 0.25) is 0 Å². The molecule has 0 radical (unpaired) electrons. The van der Waals surface area contributed by atoms with Crippen LogP contribution in [-0.4, -0.2) is 188 Å². The second-order valence-corrected chi connectivity index (χ2v) is 23.6. The van der Waals surface area contributed by atoms with Gasteiger partial charge in [-0.05, 0) is 128 Å². The van der Waals surface area contributed by atoms with Crippen LogP contribution in [0.15, 0.2) is 11.8 Å². The van der Waals surface area contributed by atoms with Gasteiger partial charge in [0.25, 0.3) is 0 Å². The number of aliphatic hydroxyl groups is 3. The number of hydrogen-bond donors (Lipinski definition) is 9. The highest BCUT2D eigenvalue weighted by atomic mass is 32.2. The lowest BCUT2D eigenvalue weighted by molar-refractivity contribution is -0.311. The smallest absolute Gasteiger partial charge is 0.410 e. The molecule has 10 N–H and O–H groups in total. The Kier molecular flexibility index (Phi) is 20.8. The highest BCUT2D eigenvalue weighted by molar-refractivity contribution is 7.89. The zero-order valence-corrected chi connectivity index (χ0v) is 43.5. The SMILES string of the molecule is CN(C(=O)OC(C)(C)C)[C@@H]1[C@@H](O)[C@@H](O[C@@H]2[C@@H](O)[C@H](O[C@H]3OC(CNCCCN)=CC[C@H]3NC(=O)OC(C)(C)C)[C@@H](NC(=O)OC(C)(C)C)C[C@H]2NS(=O)(=O)CCNC(=O)OC(C)(C)C)OC[C@]1(C)O. The zero-order chi connectivity index (χ0) is 52.5. The van der Waals surface area contributed by atoms with Crippen LogP contribution in [0.3, 0.4) is 0 Å². The summed E-state index contributed by atoms with van der Waals surface area (Å²) in [5.41, 5.74) is 0.0689. The number of carbonyl (C=O) groups is 4. The first kappa shape index (κ1) is 59.5. The molecule has 0 aromatic carbocycles. The van der Waals surface area contributed by atoms with Crippen molar-refractivity contribution in [1.29, 1.82) is 0 Å². The molecule has 2 fully saturated rings. The second-order valence-electron chi connectivity index (χ2n) is 21.7. The summed E-state index contributed by atoms with van der Waals surface area (Å²) in [5.74, 6) is -0.280. The van der Waals surface area contributed by atoms with Crippen LogP contribution in [0.25, 0.3) is 0 Å². The van der Waals surface area contributed by atoms with Crippen molar-refractivity contribution in [2.24, 2.45) is 5.73 Å². The number of carbonyl (C=O) groups excluding carboxylic acids is 4. The van der Waals surface area contributed by atoms with Crippen molar-refractivity contribution in [3.63, 3.8) is 0 Å². The minimum absolute atomic E-state index is 0.152. The number of likely N-dealkylation sites (N-methyl/N-ethyl adjacent to an activating group) is 1. The Morgan fingerprint density at radius 3 is 1.86 bits per heavy atom. The number of nitrogens with two attached hydrogens (primary N) is 1. The quantitative estimate of drug-likeness (QED) is 0.0734. The molecule has 4 amide bonds. The third kappa shape index (κ3) is 20.1. The fourth-order valence-electron chi connectivity index (χ4n) is 7.55. The van der Waals surface area contributed by atoms with E-state index in [9.17, 15) is 42.9 Å². The first-order chi connectivity index (χ1) is 31.5. The molecule has 1 saturated heterocycles. The molecule has 2 aliphatic heterocycles. The molecule has 1 saturated carbocycles. The van der Waals surface area contributed by atoms with Gasteiger partial charge in [-0.3, -0.25) is 0 Å². The van der Waals surface area contributed by atoms with E-state index in [1.807, 2.05) is 0 Å². The maximum atomic E-state index is 13.9. The van der Waals surface area contributed by atoms with Gasteiger partial charge < -0.3 is 85.1 Å². The molecule has 0 bridgehead atoms. The van der Waals surface area contributed by atoms with E-state index < -0.39 is 142 Å². The molecular weight excluding hydrogens is 931 g/mol. The van der Waals surface area contributed by atoms with E-state index in [0.29, 0.717) is 25.3 Å². The van der Waals surface area contributed by atoms with Gasteiger partial charge in [0.1, 0.15) is 58.2 Å². The second kappa shape index (κ2) is 24.1. The number of alkyl carbamates (subject to hydrolysis) is 3. The molecule has 1 aliphatic carbocycles. The van der Waals surface area contributed by atoms with E-state index in [2.05, 4.69) is 26.0 Å². The minimum Gasteiger partial charge on any atom is -0.466 e. The normalized spacial score (nSPS) is 29.1. The minimum atomic E-state index is -4.40. The van der Waals surface area contributed by atoms with Crippen LogP contribution >= 0.6 is 0 Å². The number of rotatable bonds is 17. The number of nitrogens with one attached hydrogen (secondary N) is 5. The van der Waals surface area contributed by atoms with Crippen molar-refractivity contribution in [3.8, 4) is 0 Å². The summed E-state index contributed by atoms with van der Waals surface area (Å²) < 4.78 is 77.1. The Hall–Kier alpha value is -3.79. The Balaban J connectivity index is 2.13. The zero-order valence-electron chi connectivity index (χ0n) is 42.7. The first-order valence-electron chi connectivity index (χ1n) is 23.2. The summed E-state index contributed by atoms with van der Waals surface area (Å²) in [6, 6.07) is -5.15. The van der Waals surface area contributed by atoms with Crippen molar-refractivity contribution in [1.82, 2.24) is 30.9 Å². The van der Waals surface area contributed by atoms with Crippen molar-refractivity contribution in [2.45, 2.75) is 198 Å². The molecule has 3 rings (SSSR count). The van der Waals surface area contributed by atoms with Gasteiger partial charge in [-0.15, -0.1) is 0 Å². The molecular formula is C44H81N7O17S. The van der Waals surface area contributed by atoms with Crippen LogP contribution in [-0.2, 0) is 47.9 Å². The van der Waals surface area contributed by atoms with E-state index in [-0.39, 0.29) is 19.4 Å². The van der Waals surface area contributed by atoms with Crippen LogP contribution in [0.4, 0.5) is 19.2 Å². The monoisotopic (exact) mass is 1010 g/mol. The maximum absolute atomic E-state index is 13.9. The summed E-state index contributed by atoms with van der Waals surface area (Å²) in [5, 5.41) is 47.0. The molecule has 25 heteroatoms. The van der Waals surface area contributed by atoms with E-state index in [4.69, 9.17) is 43.6 Å². The summed E-state index contributed by atoms with van der Waals surface area (Å²) in [4.78, 5) is 53.4. The van der Waals surface area contributed by atoms with Crippen molar-refractivity contribution >= 4 is 34.4 Å². The number of hydrogen-bond acceptors (Lipinski definition) is 19. The van der Waals surface area contributed by atoms with Gasteiger partial charge in [0, 0.05) is 13.6 Å². The molecule has 2 heterocycles. The molecule has 69 heavy (non-hydrogen) atoms. The molecule has 0 unspecified atom stereocenters. The van der Waals surface area contributed by atoms with Gasteiger partial charge in [-0.25, -0.2) is 32.3 Å². The fourth-order valence-corrected chi connectivity index (χ4v) is 8.73. The third-order valence-electron chi connectivity index (χ3n) is 10.3. The van der Waals surface area contributed by atoms with Gasteiger partial charge in [0.15, 0.2) is 6.29 Å². The first-order valence-corrected chi connectivity index (χ1v) is 24.8. The van der Waals surface area contributed by atoms with Gasteiger partial charge in [0.2, 0.25) is 16.3 Å². The lowest BCUT2D eigenvalue weighted by Gasteiger charge is -2.50.